The number of Topliss-reactive ketones (excluding diaryl/α,β-unsaturated/α-hetero) is 1. The molecule has 2 N–H and O–H groups in total. The normalized spacial score (nSPS) is 12.4. The zero-order chi connectivity index (χ0) is 14.3. The van der Waals surface area contributed by atoms with E-state index in [1.807, 2.05) is 0 Å². The van der Waals surface area contributed by atoms with Crippen molar-refractivity contribution < 1.29 is 9.53 Å². The number of rotatable bonds is 9. The Hall–Kier alpha value is -1.36. The first-order valence-electron chi connectivity index (χ1n) is 6.97. The van der Waals surface area contributed by atoms with Crippen molar-refractivity contribution in [2.45, 2.75) is 46.1 Å². The van der Waals surface area contributed by atoms with Crippen LogP contribution in [0.1, 0.15) is 50.0 Å². The molecule has 0 bridgehead atoms. The van der Waals surface area contributed by atoms with E-state index in [0.717, 1.165) is 25.8 Å². The summed E-state index contributed by atoms with van der Waals surface area (Å²) in [7, 11) is 1.57. The summed E-state index contributed by atoms with van der Waals surface area (Å²) in [4.78, 5) is 12.3. The van der Waals surface area contributed by atoms with Gasteiger partial charge in [0.25, 0.3) is 0 Å². The Bertz CT molecular complexity index is 401. The van der Waals surface area contributed by atoms with Crippen molar-refractivity contribution >= 4 is 5.78 Å². The van der Waals surface area contributed by atoms with E-state index in [4.69, 9.17) is 10.5 Å². The van der Waals surface area contributed by atoms with Crippen LogP contribution >= 0.6 is 0 Å². The van der Waals surface area contributed by atoms with Gasteiger partial charge in [-0.25, -0.2) is 0 Å². The maximum Gasteiger partial charge on any atom is 0.184 e. The van der Waals surface area contributed by atoms with Crippen LogP contribution < -0.4 is 10.5 Å². The molecule has 1 heterocycles. The van der Waals surface area contributed by atoms with E-state index in [0.29, 0.717) is 30.3 Å². The minimum absolute atomic E-state index is 0.103. The Morgan fingerprint density at radius 3 is 2.84 bits per heavy atom. The maximum atomic E-state index is 12.3. The topological polar surface area (TPSA) is 70.1 Å². The first-order valence-corrected chi connectivity index (χ1v) is 6.97. The summed E-state index contributed by atoms with van der Waals surface area (Å²) in [6.45, 7) is 5.60. The minimum Gasteiger partial charge on any atom is -0.493 e. The summed E-state index contributed by atoms with van der Waals surface area (Å²) >= 11 is 0. The van der Waals surface area contributed by atoms with E-state index in [1.54, 1.807) is 18.0 Å². The third kappa shape index (κ3) is 4.35. The molecule has 1 rings (SSSR count). The van der Waals surface area contributed by atoms with Crippen LogP contribution in [-0.2, 0) is 6.54 Å². The fraction of sp³-hybridized carbons (Fsp3) is 0.714. The van der Waals surface area contributed by atoms with Gasteiger partial charge in [-0.2, -0.15) is 5.10 Å². The number of hydrogen-bond donors (Lipinski definition) is 1. The van der Waals surface area contributed by atoms with Crippen LogP contribution in [0.3, 0.4) is 0 Å². The Kier molecular flexibility index (Phi) is 6.56. The molecule has 1 aromatic rings. The van der Waals surface area contributed by atoms with Crippen molar-refractivity contribution in [3.05, 3.63) is 11.9 Å². The second-order valence-corrected chi connectivity index (χ2v) is 4.93. The fourth-order valence-electron chi connectivity index (χ4n) is 2.11. The molecule has 0 spiro atoms. The number of carbonyl (C=O) groups excluding carboxylic acids is 1. The van der Waals surface area contributed by atoms with E-state index in [9.17, 15) is 4.79 Å². The lowest BCUT2D eigenvalue weighted by atomic mass is 9.99. The van der Waals surface area contributed by atoms with Gasteiger partial charge in [-0.15, -0.1) is 0 Å². The van der Waals surface area contributed by atoms with E-state index >= 15 is 0 Å². The minimum atomic E-state index is 0.103. The van der Waals surface area contributed by atoms with Crippen molar-refractivity contribution in [1.29, 1.82) is 0 Å². The maximum absolute atomic E-state index is 12.3. The smallest absolute Gasteiger partial charge is 0.184 e. The van der Waals surface area contributed by atoms with E-state index < -0.39 is 0 Å². The number of nitrogens with zero attached hydrogens (tertiary/aromatic N) is 2. The molecule has 0 aromatic carbocycles. The number of nitrogens with two attached hydrogens (primary N) is 1. The highest BCUT2D eigenvalue weighted by atomic mass is 16.5. The van der Waals surface area contributed by atoms with Gasteiger partial charge in [-0.05, 0) is 31.7 Å². The van der Waals surface area contributed by atoms with E-state index in [1.165, 1.54) is 0 Å². The largest absolute Gasteiger partial charge is 0.493 e. The molecule has 5 nitrogen and oxygen atoms in total. The molecule has 0 saturated carbocycles. The lowest BCUT2D eigenvalue weighted by Gasteiger charge is -2.10. The molecular weight excluding hydrogens is 242 g/mol. The van der Waals surface area contributed by atoms with Gasteiger partial charge in [-0.1, -0.05) is 13.8 Å². The highest BCUT2D eigenvalue weighted by Gasteiger charge is 2.19. The highest BCUT2D eigenvalue weighted by molar-refractivity contribution is 5.97. The van der Waals surface area contributed by atoms with Gasteiger partial charge in [0.1, 0.15) is 5.69 Å². The quantitative estimate of drug-likeness (QED) is 0.697. The molecule has 0 amide bonds. The van der Waals surface area contributed by atoms with E-state index in [2.05, 4.69) is 18.9 Å². The summed E-state index contributed by atoms with van der Waals surface area (Å²) in [5.74, 6) is 1.15. The summed E-state index contributed by atoms with van der Waals surface area (Å²) in [6.07, 6.45) is 4.89. The molecule has 0 aliphatic heterocycles. The molecule has 1 aromatic heterocycles. The summed E-state index contributed by atoms with van der Waals surface area (Å²) in [5, 5.41) is 4.21. The monoisotopic (exact) mass is 267 g/mol. The Balaban J connectivity index is 2.71. The number of aromatic nitrogens is 2. The summed E-state index contributed by atoms with van der Waals surface area (Å²) in [6, 6.07) is 0. The van der Waals surface area contributed by atoms with Crippen molar-refractivity contribution in [1.82, 2.24) is 9.78 Å². The lowest BCUT2D eigenvalue weighted by Crippen LogP contribution is -2.13. The molecule has 1 atom stereocenters. The van der Waals surface area contributed by atoms with Crippen molar-refractivity contribution in [2.75, 3.05) is 13.7 Å². The van der Waals surface area contributed by atoms with Crippen LogP contribution in [0, 0.1) is 5.92 Å². The predicted octanol–water partition coefficient (Wildman–Crippen LogP) is 2.25. The molecule has 0 radical (unpaired) electrons. The van der Waals surface area contributed by atoms with Crippen LogP contribution in [0.15, 0.2) is 6.20 Å². The molecule has 0 aliphatic rings. The number of aryl methyl sites for hydroxylation is 1. The average molecular weight is 267 g/mol. The number of hydrogen-bond acceptors (Lipinski definition) is 4. The van der Waals surface area contributed by atoms with Gasteiger partial charge in [0.2, 0.25) is 0 Å². The standard InChI is InChI=1S/C14H25N3O2/c1-4-9-17-14(13(19-3)10-16-17)12(18)6-5-11(2)7-8-15/h10-11H,4-9,15H2,1-3H3. The molecule has 0 saturated heterocycles. The van der Waals surface area contributed by atoms with Crippen molar-refractivity contribution in [2.24, 2.45) is 11.7 Å². The van der Waals surface area contributed by atoms with Crippen LogP contribution in [0.5, 0.6) is 5.75 Å². The molecule has 108 valence electrons. The second-order valence-electron chi connectivity index (χ2n) is 4.93. The first-order chi connectivity index (χ1) is 9.13. The van der Waals surface area contributed by atoms with Gasteiger partial charge < -0.3 is 10.5 Å². The number of ketones is 1. The van der Waals surface area contributed by atoms with Gasteiger partial charge in [0.15, 0.2) is 11.5 Å². The third-order valence-electron chi connectivity index (χ3n) is 3.25. The Morgan fingerprint density at radius 2 is 2.26 bits per heavy atom. The second kappa shape index (κ2) is 7.94. The SMILES string of the molecule is CCCn1ncc(OC)c1C(=O)CCC(C)CCN. The van der Waals surface area contributed by atoms with E-state index in [-0.39, 0.29) is 5.78 Å². The van der Waals surface area contributed by atoms with Crippen LogP contribution in [0.2, 0.25) is 0 Å². The van der Waals surface area contributed by atoms with Crippen LogP contribution in [-0.4, -0.2) is 29.2 Å². The number of carbonyl (C=O) groups is 1. The fourth-order valence-corrected chi connectivity index (χ4v) is 2.11. The predicted molar refractivity (Wildman–Crippen MR) is 75.5 cm³/mol. The zero-order valence-corrected chi connectivity index (χ0v) is 12.2. The molecule has 19 heavy (non-hydrogen) atoms. The van der Waals surface area contributed by atoms with Gasteiger partial charge in [-0.3, -0.25) is 9.48 Å². The van der Waals surface area contributed by atoms with Crippen molar-refractivity contribution in [3.63, 3.8) is 0 Å². The number of methoxy groups -OCH3 is 1. The molecule has 1 unspecified atom stereocenters. The van der Waals surface area contributed by atoms with Gasteiger partial charge in [0, 0.05) is 13.0 Å². The van der Waals surface area contributed by atoms with Gasteiger partial charge >= 0.3 is 0 Å². The van der Waals surface area contributed by atoms with Gasteiger partial charge in [0.05, 0.1) is 13.3 Å². The zero-order valence-electron chi connectivity index (χ0n) is 12.2. The molecule has 0 aliphatic carbocycles. The molecule has 0 fully saturated rings. The Morgan fingerprint density at radius 1 is 1.53 bits per heavy atom. The number of ether oxygens (including phenoxy) is 1. The Labute approximate surface area is 115 Å². The highest BCUT2D eigenvalue weighted by Crippen LogP contribution is 2.21. The van der Waals surface area contributed by atoms with Crippen LogP contribution in [0.4, 0.5) is 0 Å². The van der Waals surface area contributed by atoms with Crippen molar-refractivity contribution in [3.8, 4) is 5.75 Å². The van der Waals surface area contributed by atoms with Crippen LogP contribution in [0.25, 0.3) is 0 Å². The average Bonchev–Trinajstić information content (AvgIpc) is 2.80. The summed E-state index contributed by atoms with van der Waals surface area (Å²) < 4.78 is 6.97. The third-order valence-corrected chi connectivity index (χ3v) is 3.25. The molecular formula is C14H25N3O2. The molecule has 5 heteroatoms. The summed E-state index contributed by atoms with van der Waals surface area (Å²) in [5.41, 5.74) is 6.12. The first kappa shape index (κ1) is 15.7. The lowest BCUT2D eigenvalue weighted by molar-refractivity contribution is 0.0960.